The van der Waals surface area contributed by atoms with Gasteiger partial charge in [-0.3, -0.25) is 19.2 Å². The molecule has 2 aromatic carbocycles. The normalized spacial score (nSPS) is 16.2. The first-order chi connectivity index (χ1) is 18.3. The third-order valence-corrected chi connectivity index (χ3v) is 6.28. The number of nitrogens with zero attached hydrogens (tertiary/aromatic N) is 1. The summed E-state index contributed by atoms with van der Waals surface area (Å²) >= 11 is 0. The SMILES string of the molecule is NCC(=O)NC(Cc1ccccc1)C(=O)NCC(=O)NC(Cc1ccccc1)C(=O)N1CCCC1C(=O)O. The van der Waals surface area contributed by atoms with E-state index in [4.69, 9.17) is 5.73 Å². The number of likely N-dealkylation sites (tertiary alicyclic amines) is 1. The van der Waals surface area contributed by atoms with Crippen LogP contribution in [0, 0.1) is 0 Å². The molecule has 1 heterocycles. The molecule has 0 aromatic heterocycles. The van der Waals surface area contributed by atoms with Crippen LogP contribution in [-0.4, -0.2) is 77.4 Å². The molecule has 1 fully saturated rings. The molecule has 0 radical (unpaired) electrons. The highest BCUT2D eigenvalue weighted by Crippen LogP contribution is 2.19. The van der Waals surface area contributed by atoms with E-state index in [-0.39, 0.29) is 25.9 Å². The van der Waals surface area contributed by atoms with Crippen molar-refractivity contribution >= 4 is 29.6 Å². The first-order valence-electron chi connectivity index (χ1n) is 12.5. The zero-order valence-electron chi connectivity index (χ0n) is 21.0. The van der Waals surface area contributed by atoms with E-state index in [1.165, 1.54) is 4.90 Å². The summed E-state index contributed by atoms with van der Waals surface area (Å²) in [4.78, 5) is 63.8. The molecule has 2 aromatic rings. The van der Waals surface area contributed by atoms with Gasteiger partial charge >= 0.3 is 5.97 Å². The van der Waals surface area contributed by atoms with Gasteiger partial charge in [0.05, 0.1) is 13.1 Å². The van der Waals surface area contributed by atoms with E-state index in [1.54, 1.807) is 24.3 Å². The van der Waals surface area contributed by atoms with E-state index in [9.17, 15) is 29.1 Å². The lowest BCUT2D eigenvalue weighted by atomic mass is 10.0. The molecular weight excluding hydrogens is 490 g/mol. The molecule has 3 unspecified atom stereocenters. The Balaban J connectivity index is 1.66. The van der Waals surface area contributed by atoms with Crippen molar-refractivity contribution in [3.05, 3.63) is 71.8 Å². The Morgan fingerprint density at radius 1 is 0.868 bits per heavy atom. The largest absolute Gasteiger partial charge is 0.480 e. The lowest BCUT2D eigenvalue weighted by Gasteiger charge is -2.27. The topological polar surface area (TPSA) is 171 Å². The van der Waals surface area contributed by atoms with Gasteiger partial charge in [-0.1, -0.05) is 60.7 Å². The molecule has 0 aliphatic carbocycles. The smallest absolute Gasteiger partial charge is 0.326 e. The summed E-state index contributed by atoms with van der Waals surface area (Å²) in [6.45, 7) is -0.449. The van der Waals surface area contributed by atoms with E-state index < -0.39 is 54.3 Å². The number of hydrogen-bond donors (Lipinski definition) is 5. The Hall–Kier alpha value is -4.25. The fourth-order valence-electron chi connectivity index (χ4n) is 4.39. The van der Waals surface area contributed by atoms with Gasteiger partial charge in [0.2, 0.25) is 23.6 Å². The highest BCUT2D eigenvalue weighted by atomic mass is 16.4. The first-order valence-corrected chi connectivity index (χ1v) is 12.5. The zero-order valence-corrected chi connectivity index (χ0v) is 21.0. The fraction of sp³-hybridized carbons (Fsp3) is 0.370. The van der Waals surface area contributed by atoms with Gasteiger partial charge in [-0.2, -0.15) is 0 Å². The summed E-state index contributed by atoms with van der Waals surface area (Å²) in [5, 5.41) is 17.2. The number of hydrogen-bond acceptors (Lipinski definition) is 6. The number of rotatable bonds is 12. The van der Waals surface area contributed by atoms with E-state index >= 15 is 0 Å². The molecule has 202 valence electrons. The van der Waals surface area contributed by atoms with Crippen molar-refractivity contribution in [2.24, 2.45) is 5.73 Å². The fourth-order valence-corrected chi connectivity index (χ4v) is 4.39. The maximum Gasteiger partial charge on any atom is 0.326 e. The average Bonchev–Trinajstić information content (AvgIpc) is 3.42. The summed E-state index contributed by atoms with van der Waals surface area (Å²) in [5.41, 5.74) is 6.97. The Labute approximate surface area is 220 Å². The van der Waals surface area contributed by atoms with E-state index in [0.29, 0.717) is 12.8 Å². The van der Waals surface area contributed by atoms with Gasteiger partial charge in [0.25, 0.3) is 0 Å². The van der Waals surface area contributed by atoms with Crippen molar-refractivity contribution in [2.45, 2.75) is 43.8 Å². The minimum absolute atomic E-state index is 0.158. The highest BCUT2D eigenvalue weighted by Gasteiger charge is 2.37. The van der Waals surface area contributed by atoms with Crippen molar-refractivity contribution in [1.29, 1.82) is 0 Å². The van der Waals surface area contributed by atoms with Crippen molar-refractivity contribution in [3.63, 3.8) is 0 Å². The number of carboxylic acid groups (broad SMARTS) is 1. The second-order valence-electron chi connectivity index (χ2n) is 9.07. The third kappa shape index (κ3) is 8.13. The van der Waals surface area contributed by atoms with E-state index in [1.807, 2.05) is 36.4 Å². The van der Waals surface area contributed by atoms with E-state index in [0.717, 1.165) is 11.1 Å². The van der Waals surface area contributed by atoms with Crippen molar-refractivity contribution in [1.82, 2.24) is 20.9 Å². The van der Waals surface area contributed by atoms with Gasteiger partial charge in [0, 0.05) is 19.4 Å². The van der Waals surface area contributed by atoms with Crippen LogP contribution in [0.4, 0.5) is 0 Å². The van der Waals surface area contributed by atoms with E-state index in [2.05, 4.69) is 16.0 Å². The number of benzene rings is 2. The molecule has 11 nitrogen and oxygen atoms in total. The lowest BCUT2D eigenvalue weighted by molar-refractivity contribution is -0.149. The Morgan fingerprint density at radius 3 is 1.97 bits per heavy atom. The van der Waals surface area contributed by atoms with Crippen LogP contribution in [0.5, 0.6) is 0 Å². The molecule has 3 atom stereocenters. The Morgan fingerprint density at radius 2 is 1.42 bits per heavy atom. The van der Waals surface area contributed by atoms with Gasteiger partial charge in [-0.05, 0) is 24.0 Å². The summed E-state index contributed by atoms with van der Waals surface area (Å²) in [6, 6.07) is 15.2. The summed E-state index contributed by atoms with van der Waals surface area (Å²) in [6.07, 6.45) is 1.26. The van der Waals surface area contributed by atoms with Crippen LogP contribution >= 0.6 is 0 Å². The number of amides is 4. The summed E-state index contributed by atoms with van der Waals surface area (Å²) in [5.74, 6) is -3.30. The Kier molecular flexibility index (Phi) is 10.4. The minimum atomic E-state index is -1.09. The third-order valence-electron chi connectivity index (χ3n) is 6.28. The number of carbonyl (C=O) groups excluding carboxylic acids is 4. The van der Waals surface area contributed by atoms with Gasteiger partial charge in [-0.15, -0.1) is 0 Å². The van der Waals surface area contributed by atoms with Gasteiger partial charge in [-0.25, -0.2) is 4.79 Å². The molecule has 38 heavy (non-hydrogen) atoms. The van der Waals surface area contributed by atoms with Crippen LogP contribution in [0.25, 0.3) is 0 Å². The summed E-state index contributed by atoms with van der Waals surface area (Å²) in [7, 11) is 0. The molecule has 1 saturated heterocycles. The number of nitrogens with two attached hydrogens (primary N) is 1. The van der Waals surface area contributed by atoms with Gasteiger partial charge in [0.1, 0.15) is 18.1 Å². The molecule has 1 aliphatic heterocycles. The van der Waals surface area contributed by atoms with Crippen LogP contribution in [0.3, 0.4) is 0 Å². The second kappa shape index (κ2) is 13.9. The monoisotopic (exact) mass is 523 g/mol. The number of carbonyl (C=O) groups is 5. The molecule has 11 heteroatoms. The van der Waals surface area contributed by atoms with Gasteiger partial charge < -0.3 is 31.7 Å². The van der Waals surface area contributed by atoms with Crippen LogP contribution in [0.2, 0.25) is 0 Å². The molecule has 1 aliphatic rings. The van der Waals surface area contributed by atoms with Crippen molar-refractivity contribution in [2.75, 3.05) is 19.6 Å². The standard InChI is InChI=1S/C27H33N5O6/c28-16-23(33)30-20(14-18-8-3-1-4-9-18)25(35)29-17-24(34)31-21(15-19-10-5-2-6-11-19)26(36)32-13-7-12-22(32)27(37)38/h1-6,8-11,20-22H,7,12-17,28H2,(H,29,35)(H,30,33)(H,31,34)(H,37,38). The average molecular weight is 524 g/mol. The predicted molar refractivity (Wildman–Crippen MR) is 139 cm³/mol. The molecule has 4 amide bonds. The molecular formula is C27H33N5O6. The predicted octanol–water partition coefficient (Wildman–Crippen LogP) is -0.408. The number of carboxylic acids is 1. The Bertz CT molecular complexity index is 1130. The minimum Gasteiger partial charge on any atom is -0.480 e. The van der Waals surface area contributed by atoms with Crippen molar-refractivity contribution in [3.8, 4) is 0 Å². The quantitative estimate of drug-likeness (QED) is 0.252. The van der Waals surface area contributed by atoms with Crippen LogP contribution in [-0.2, 0) is 36.8 Å². The maximum absolute atomic E-state index is 13.3. The number of aliphatic carboxylic acids is 1. The maximum atomic E-state index is 13.3. The zero-order chi connectivity index (χ0) is 27.5. The molecule has 6 N–H and O–H groups in total. The van der Waals surface area contributed by atoms with Gasteiger partial charge in [0.15, 0.2) is 0 Å². The highest BCUT2D eigenvalue weighted by molar-refractivity contribution is 5.94. The van der Waals surface area contributed by atoms with Crippen LogP contribution in [0.1, 0.15) is 24.0 Å². The number of nitrogens with one attached hydrogen (secondary N) is 3. The van der Waals surface area contributed by atoms with Crippen LogP contribution in [0.15, 0.2) is 60.7 Å². The van der Waals surface area contributed by atoms with Crippen molar-refractivity contribution < 1.29 is 29.1 Å². The molecule has 0 bridgehead atoms. The second-order valence-corrected chi connectivity index (χ2v) is 9.07. The van der Waals surface area contributed by atoms with Crippen LogP contribution < -0.4 is 21.7 Å². The summed E-state index contributed by atoms with van der Waals surface area (Å²) < 4.78 is 0. The molecule has 3 rings (SSSR count). The molecule has 0 saturated carbocycles. The molecule has 0 spiro atoms. The first kappa shape index (κ1) is 28.3. The lowest BCUT2D eigenvalue weighted by Crippen LogP contribution is -2.55.